The predicted molar refractivity (Wildman–Crippen MR) is 82.7 cm³/mol. The van der Waals surface area contributed by atoms with Crippen molar-refractivity contribution in [1.82, 2.24) is 10.2 Å². The van der Waals surface area contributed by atoms with Gasteiger partial charge in [-0.1, -0.05) is 12.1 Å². The highest BCUT2D eigenvalue weighted by Gasteiger charge is 2.18. The molecule has 0 saturated carbocycles. The van der Waals surface area contributed by atoms with Crippen LogP contribution in [-0.4, -0.2) is 40.4 Å². The third-order valence-electron chi connectivity index (χ3n) is 3.27. The van der Waals surface area contributed by atoms with Crippen LogP contribution in [0.4, 0.5) is 13.6 Å². The van der Waals surface area contributed by atoms with E-state index < -0.39 is 31.5 Å². The van der Waals surface area contributed by atoms with Crippen LogP contribution in [0.3, 0.4) is 0 Å². The largest absolute Gasteiger partial charge is 0.469 e. The number of urea groups is 1. The molecule has 2 amide bonds. The van der Waals surface area contributed by atoms with Gasteiger partial charge in [-0.25, -0.2) is 18.1 Å². The normalized spacial score (nSPS) is 12.8. The van der Waals surface area contributed by atoms with Crippen molar-refractivity contribution in [3.8, 4) is 0 Å². The second-order valence-corrected chi connectivity index (χ2v) is 6.34. The van der Waals surface area contributed by atoms with E-state index in [1.165, 1.54) is 24.1 Å². The van der Waals surface area contributed by atoms with E-state index in [0.29, 0.717) is 6.42 Å². The molecule has 0 heterocycles. The molecule has 0 bridgehead atoms. The van der Waals surface area contributed by atoms with Gasteiger partial charge in [0.2, 0.25) is 0 Å². The molecule has 0 aromatic heterocycles. The molecule has 0 unspecified atom stereocenters. The van der Waals surface area contributed by atoms with E-state index in [1.54, 1.807) is 0 Å². The highest BCUT2D eigenvalue weighted by Crippen LogP contribution is 2.35. The van der Waals surface area contributed by atoms with Gasteiger partial charge < -0.3 is 20.0 Å². The minimum atomic E-state index is -4.50. The van der Waals surface area contributed by atoms with E-state index in [-0.39, 0.29) is 25.1 Å². The average molecular weight is 365 g/mol. The lowest BCUT2D eigenvalue weighted by Gasteiger charge is -2.25. The number of halogens is 2. The van der Waals surface area contributed by atoms with Gasteiger partial charge in [-0.15, -0.1) is 0 Å². The molecule has 0 aliphatic carbocycles. The van der Waals surface area contributed by atoms with Gasteiger partial charge in [0.1, 0.15) is 0 Å². The fraction of sp³-hybridized carbons (Fsp3) is 0.429. The van der Waals surface area contributed by atoms with Gasteiger partial charge in [0.05, 0.1) is 6.61 Å². The zero-order valence-corrected chi connectivity index (χ0v) is 14.0. The molecular weight excluding hydrogens is 345 g/mol. The zero-order chi connectivity index (χ0) is 18.3. The number of carbonyl (C=O) groups excluding carboxylic acids is 1. The van der Waals surface area contributed by atoms with Crippen molar-refractivity contribution in [3.63, 3.8) is 0 Å². The topological polar surface area (TPSA) is 99.1 Å². The number of benzene rings is 1. The number of phosphoric acid groups is 1. The van der Waals surface area contributed by atoms with Crippen LogP contribution in [0.2, 0.25) is 0 Å². The first-order chi connectivity index (χ1) is 11.1. The molecule has 10 heteroatoms. The molecule has 1 atom stereocenters. The second-order valence-electron chi connectivity index (χ2n) is 5.10. The van der Waals surface area contributed by atoms with Crippen LogP contribution in [0.25, 0.3) is 0 Å². The maximum atomic E-state index is 13.5. The van der Waals surface area contributed by atoms with Crippen molar-refractivity contribution in [3.05, 3.63) is 42.3 Å². The Morgan fingerprint density at radius 1 is 1.46 bits per heavy atom. The van der Waals surface area contributed by atoms with Crippen molar-refractivity contribution in [1.29, 1.82) is 0 Å². The molecule has 7 nitrogen and oxygen atoms in total. The molecule has 0 saturated heterocycles. The van der Waals surface area contributed by atoms with Crippen molar-refractivity contribution >= 4 is 13.9 Å². The highest BCUT2D eigenvalue weighted by atomic mass is 31.2. The number of carbonyl (C=O) groups is 1. The minimum Gasteiger partial charge on any atom is -0.334 e. The summed E-state index contributed by atoms with van der Waals surface area (Å²) in [6.45, 7) is 3.41. The fourth-order valence-electron chi connectivity index (χ4n) is 1.84. The first-order valence-corrected chi connectivity index (χ1v) is 8.61. The van der Waals surface area contributed by atoms with E-state index >= 15 is 0 Å². The van der Waals surface area contributed by atoms with Crippen LogP contribution >= 0.6 is 7.82 Å². The summed E-state index contributed by atoms with van der Waals surface area (Å²) in [4.78, 5) is 30.3. The first-order valence-electron chi connectivity index (χ1n) is 7.08. The number of nitrogens with zero attached hydrogens (tertiary/aromatic N) is 1. The third-order valence-corrected chi connectivity index (χ3v) is 3.79. The molecule has 0 aliphatic rings. The van der Waals surface area contributed by atoms with Crippen LogP contribution in [-0.2, 0) is 15.6 Å². The van der Waals surface area contributed by atoms with Crippen molar-refractivity contribution < 1.29 is 32.5 Å². The molecule has 1 radical (unpaired) electrons. The van der Waals surface area contributed by atoms with Crippen LogP contribution in [0, 0.1) is 18.6 Å². The van der Waals surface area contributed by atoms with E-state index in [1.807, 2.05) is 0 Å². The summed E-state index contributed by atoms with van der Waals surface area (Å²) in [5.41, 5.74) is 0.0207. The molecule has 3 N–H and O–H groups in total. The predicted octanol–water partition coefficient (Wildman–Crippen LogP) is 2.20. The standard InChI is InChI=1S/C14H20F2N2O5P/c1-10(5-4-8-23-24(20,21)22)18(2)14(19)17-9-11-6-3-7-12(15)13(11)16/h3,6-7,10H,1,4-5,8-9H2,2H3,(H,17,19)(H2,20,21,22)/t10-/m0/s1. The van der Waals surface area contributed by atoms with Crippen LogP contribution in [0.5, 0.6) is 0 Å². The molecule has 1 rings (SSSR count). The SMILES string of the molecule is [CH2][C@@H](CCCOP(=O)(O)O)N(C)C(=O)NCc1cccc(F)c1F. The van der Waals surface area contributed by atoms with E-state index in [4.69, 9.17) is 9.79 Å². The summed E-state index contributed by atoms with van der Waals surface area (Å²) in [6, 6.07) is 2.67. The molecule has 135 valence electrons. The quantitative estimate of drug-likeness (QED) is 0.485. The summed E-state index contributed by atoms with van der Waals surface area (Å²) in [6.07, 6.45) is 0.633. The number of nitrogens with one attached hydrogen (secondary N) is 1. The zero-order valence-electron chi connectivity index (χ0n) is 13.1. The Bertz CT molecular complexity index is 611. The number of amides is 2. The van der Waals surface area contributed by atoms with Gasteiger partial charge in [0, 0.05) is 25.2 Å². The monoisotopic (exact) mass is 365 g/mol. The summed E-state index contributed by atoms with van der Waals surface area (Å²) in [5, 5.41) is 2.45. The van der Waals surface area contributed by atoms with Gasteiger partial charge >= 0.3 is 13.9 Å². The summed E-state index contributed by atoms with van der Waals surface area (Å²) >= 11 is 0. The average Bonchev–Trinajstić information content (AvgIpc) is 2.50. The summed E-state index contributed by atoms with van der Waals surface area (Å²) in [7, 11) is -3.03. The Labute approximate surface area is 138 Å². The molecule has 1 aromatic rings. The van der Waals surface area contributed by atoms with Gasteiger partial charge in [-0.2, -0.15) is 0 Å². The second kappa shape index (κ2) is 9.08. The van der Waals surface area contributed by atoms with Crippen molar-refractivity contribution in [2.24, 2.45) is 0 Å². The Balaban J connectivity index is 2.40. The molecule has 0 spiro atoms. The Morgan fingerprint density at radius 2 is 2.12 bits per heavy atom. The van der Waals surface area contributed by atoms with E-state index in [2.05, 4.69) is 16.8 Å². The van der Waals surface area contributed by atoms with E-state index in [0.717, 1.165) is 6.07 Å². The molecule has 1 aromatic carbocycles. The first kappa shape index (κ1) is 20.5. The Morgan fingerprint density at radius 3 is 2.75 bits per heavy atom. The van der Waals surface area contributed by atoms with Gasteiger partial charge in [0.15, 0.2) is 11.6 Å². The smallest absolute Gasteiger partial charge is 0.334 e. The Hall–Kier alpha value is -1.54. The third kappa shape index (κ3) is 6.92. The summed E-state index contributed by atoms with van der Waals surface area (Å²) < 4.78 is 41.4. The lowest BCUT2D eigenvalue weighted by atomic mass is 10.1. The van der Waals surface area contributed by atoms with Crippen LogP contribution in [0.1, 0.15) is 18.4 Å². The summed E-state index contributed by atoms with van der Waals surface area (Å²) in [5.74, 6) is -2.00. The van der Waals surface area contributed by atoms with Crippen molar-refractivity contribution in [2.75, 3.05) is 13.7 Å². The van der Waals surface area contributed by atoms with Crippen LogP contribution in [0.15, 0.2) is 18.2 Å². The number of rotatable bonds is 8. The maximum Gasteiger partial charge on any atom is 0.469 e. The molecule has 24 heavy (non-hydrogen) atoms. The van der Waals surface area contributed by atoms with E-state index in [9.17, 15) is 18.1 Å². The fourth-order valence-corrected chi connectivity index (χ4v) is 2.21. The van der Waals surface area contributed by atoms with Crippen molar-refractivity contribution in [2.45, 2.75) is 25.4 Å². The molecule has 0 aliphatic heterocycles. The maximum absolute atomic E-state index is 13.5. The molecule has 0 fully saturated rings. The van der Waals surface area contributed by atoms with Gasteiger partial charge in [-0.3, -0.25) is 4.52 Å². The number of hydrogen-bond donors (Lipinski definition) is 3. The lowest BCUT2D eigenvalue weighted by molar-refractivity contribution is 0.178. The Kier molecular flexibility index (Phi) is 7.75. The molecular formula is C14H20F2N2O5P. The van der Waals surface area contributed by atoms with Gasteiger partial charge in [-0.05, 0) is 25.8 Å². The van der Waals surface area contributed by atoms with Gasteiger partial charge in [0.25, 0.3) is 0 Å². The number of hydrogen-bond acceptors (Lipinski definition) is 3. The minimum absolute atomic E-state index is 0.0207. The lowest BCUT2D eigenvalue weighted by Crippen LogP contribution is -2.42. The number of phosphoric ester groups is 1. The highest BCUT2D eigenvalue weighted by molar-refractivity contribution is 7.46. The van der Waals surface area contributed by atoms with Crippen LogP contribution < -0.4 is 5.32 Å².